The van der Waals surface area contributed by atoms with Crippen molar-refractivity contribution < 1.29 is 4.79 Å². The van der Waals surface area contributed by atoms with Gasteiger partial charge in [0.05, 0.1) is 0 Å². The quantitative estimate of drug-likeness (QED) is 0.335. The van der Waals surface area contributed by atoms with Gasteiger partial charge in [-0.25, -0.2) is 0 Å². The lowest BCUT2D eigenvalue weighted by molar-refractivity contribution is -0.122. The topological polar surface area (TPSA) is 20.3 Å². The van der Waals surface area contributed by atoms with E-state index in [9.17, 15) is 4.79 Å². The first-order valence-electron chi connectivity index (χ1n) is 7.99. The van der Waals surface area contributed by atoms with Crippen LogP contribution in [0.1, 0.15) is 58.8 Å². The molecule has 4 heteroatoms. The summed E-state index contributed by atoms with van der Waals surface area (Å²) in [6, 6.07) is 0. The van der Waals surface area contributed by atoms with E-state index in [0.29, 0.717) is 5.78 Å². The third kappa shape index (κ3) is 13.3. The van der Waals surface area contributed by atoms with Crippen LogP contribution in [0.15, 0.2) is 0 Å². The molecule has 0 aliphatic heterocycles. The van der Waals surface area contributed by atoms with E-state index in [1.165, 1.54) is 31.4 Å². The molecule has 1 atom stereocenters. The Morgan fingerprint density at radius 1 is 1.05 bits per heavy atom. The lowest BCUT2D eigenvalue weighted by Gasteiger charge is -2.10. The van der Waals surface area contributed by atoms with E-state index in [4.69, 9.17) is 0 Å². The number of carbonyl (C=O) groups excluding carboxylic acids is 1. The van der Waals surface area contributed by atoms with Crippen molar-refractivity contribution in [2.24, 2.45) is 5.92 Å². The highest BCUT2D eigenvalue weighted by molar-refractivity contribution is 8.76. The van der Waals surface area contributed by atoms with Gasteiger partial charge in [-0.05, 0) is 26.9 Å². The Bertz CT molecular complexity index is 235. The Labute approximate surface area is 134 Å². The maximum absolute atomic E-state index is 12.0. The van der Waals surface area contributed by atoms with E-state index in [-0.39, 0.29) is 5.92 Å². The molecule has 0 amide bonds. The Morgan fingerprint density at radius 3 is 2.40 bits per heavy atom. The summed E-state index contributed by atoms with van der Waals surface area (Å²) in [6.07, 6.45) is 7.98. The smallest absolute Gasteiger partial charge is 0.135 e. The van der Waals surface area contributed by atoms with Gasteiger partial charge in [-0.15, -0.1) is 0 Å². The minimum absolute atomic E-state index is 0.276. The van der Waals surface area contributed by atoms with Gasteiger partial charge in [-0.2, -0.15) is 0 Å². The molecule has 0 aromatic rings. The molecular formula is C16H33NOS2. The summed E-state index contributed by atoms with van der Waals surface area (Å²) in [4.78, 5) is 14.2. The normalized spacial score (nSPS) is 12.8. The predicted molar refractivity (Wildman–Crippen MR) is 95.6 cm³/mol. The molecule has 20 heavy (non-hydrogen) atoms. The van der Waals surface area contributed by atoms with Crippen molar-refractivity contribution in [3.8, 4) is 0 Å². The minimum atomic E-state index is 0.276. The van der Waals surface area contributed by atoms with Crippen LogP contribution in [0.3, 0.4) is 0 Å². The Balaban J connectivity index is 3.38. The first-order chi connectivity index (χ1) is 9.57. The Kier molecular flexibility index (Phi) is 14.5. The second kappa shape index (κ2) is 14.3. The van der Waals surface area contributed by atoms with Gasteiger partial charge in [0.2, 0.25) is 0 Å². The predicted octanol–water partition coefficient (Wildman–Crippen LogP) is 4.89. The van der Waals surface area contributed by atoms with Gasteiger partial charge in [0.25, 0.3) is 0 Å². The highest BCUT2D eigenvalue weighted by atomic mass is 33.1. The largest absolute Gasteiger partial charge is 0.309 e. The Hall–Kier alpha value is 0.330. The molecule has 1 unspecified atom stereocenters. The van der Waals surface area contributed by atoms with Gasteiger partial charge < -0.3 is 4.90 Å². The van der Waals surface area contributed by atoms with Crippen molar-refractivity contribution in [2.75, 3.05) is 32.1 Å². The van der Waals surface area contributed by atoms with E-state index in [1.54, 1.807) is 0 Å². The number of nitrogens with zero attached hydrogens (tertiary/aromatic N) is 1. The van der Waals surface area contributed by atoms with Crippen LogP contribution < -0.4 is 0 Å². The zero-order chi connectivity index (χ0) is 15.2. The minimum Gasteiger partial charge on any atom is -0.309 e. The fourth-order valence-corrected chi connectivity index (χ4v) is 4.15. The monoisotopic (exact) mass is 319 g/mol. The van der Waals surface area contributed by atoms with Crippen molar-refractivity contribution in [2.45, 2.75) is 58.8 Å². The maximum atomic E-state index is 12.0. The van der Waals surface area contributed by atoms with Gasteiger partial charge in [0.15, 0.2) is 0 Å². The van der Waals surface area contributed by atoms with E-state index in [1.807, 2.05) is 21.6 Å². The second-order valence-electron chi connectivity index (χ2n) is 5.77. The second-order valence-corrected chi connectivity index (χ2v) is 8.47. The molecule has 0 N–H and O–H groups in total. The van der Waals surface area contributed by atoms with Gasteiger partial charge >= 0.3 is 0 Å². The van der Waals surface area contributed by atoms with Crippen LogP contribution in [0, 0.1) is 5.92 Å². The third-order valence-corrected chi connectivity index (χ3v) is 5.87. The van der Waals surface area contributed by atoms with Crippen molar-refractivity contribution >= 4 is 27.4 Å². The SMILES string of the molecule is CCCCCCC(C)C(=O)CCCSSCCN(C)C. The molecule has 0 heterocycles. The van der Waals surface area contributed by atoms with E-state index in [2.05, 4.69) is 32.8 Å². The highest BCUT2D eigenvalue weighted by Gasteiger charge is 2.11. The van der Waals surface area contributed by atoms with Crippen molar-refractivity contribution in [1.82, 2.24) is 4.90 Å². The Morgan fingerprint density at radius 2 is 1.75 bits per heavy atom. The number of ketones is 1. The lowest BCUT2D eigenvalue weighted by Crippen LogP contribution is -2.14. The first-order valence-corrected chi connectivity index (χ1v) is 10.5. The molecule has 0 aliphatic rings. The number of Topliss-reactive ketones (excluding diaryl/α,β-unsaturated/α-hetero) is 1. The van der Waals surface area contributed by atoms with Crippen molar-refractivity contribution in [3.05, 3.63) is 0 Å². The molecule has 0 radical (unpaired) electrons. The summed E-state index contributed by atoms with van der Waals surface area (Å²) in [7, 11) is 8.04. The van der Waals surface area contributed by atoms with Crippen molar-refractivity contribution in [3.63, 3.8) is 0 Å². The molecule has 0 fully saturated rings. The summed E-state index contributed by atoms with van der Waals surface area (Å²) in [5, 5.41) is 0. The van der Waals surface area contributed by atoms with E-state index < -0.39 is 0 Å². The fraction of sp³-hybridized carbons (Fsp3) is 0.938. The molecule has 0 spiro atoms. The average Bonchev–Trinajstić information content (AvgIpc) is 2.41. The number of hydrogen-bond acceptors (Lipinski definition) is 4. The highest BCUT2D eigenvalue weighted by Crippen LogP contribution is 2.23. The summed E-state index contributed by atoms with van der Waals surface area (Å²) in [6.45, 7) is 5.46. The van der Waals surface area contributed by atoms with Crippen LogP contribution in [-0.4, -0.2) is 42.8 Å². The molecule has 120 valence electrons. The molecule has 0 aromatic carbocycles. The average molecular weight is 320 g/mol. The van der Waals surface area contributed by atoms with Gasteiger partial charge in [0.1, 0.15) is 5.78 Å². The molecule has 0 saturated carbocycles. The third-order valence-electron chi connectivity index (χ3n) is 3.40. The molecule has 2 nitrogen and oxygen atoms in total. The summed E-state index contributed by atoms with van der Waals surface area (Å²) >= 11 is 0. The maximum Gasteiger partial charge on any atom is 0.135 e. The zero-order valence-electron chi connectivity index (χ0n) is 13.8. The number of unbranched alkanes of at least 4 members (excludes halogenated alkanes) is 3. The molecule has 0 aromatic heterocycles. The molecular weight excluding hydrogens is 286 g/mol. The number of carbonyl (C=O) groups is 1. The molecule has 0 bridgehead atoms. The van der Waals surface area contributed by atoms with E-state index in [0.717, 1.165) is 31.6 Å². The zero-order valence-corrected chi connectivity index (χ0v) is 15.5. The number of hydrogen-bond donors (Lipinski definition) is 0. The van der Waals surface area contributed by atoms with Crippen LogP contribution in [0.2, 0.25) is 0 Å². The van der Waals surface area contributed by atoms with E-state index >= 15 is 0 Å². The van der Waals surface area contributed by atoms with Crippen LogP contribution >= 0.6 is 21.6 Å². The fourth-order valence-electron chi connectivity index (χ4n) is 1.93. The van der Waals surface area contributed by atoms with Gasteiger partial charge in [0, 0.05) is 30.4 Å². The summed E-state index contributed by atoms with van der Waals surface area (Å²) in [5.74, 6) is 3.02. The van der Waals surface area contributed by atoms with Crippen molar-refractivity contribution in [1.29, 1.82) is 0 Å². The first kappa shape index (κ1) is 20.3. The summed E-state index contributed by atoms with van der Waals surface area (Å²) in [5.41, 5.74) is 0. The lowest BCUT2D eigenvalue weighted by atomic mass is 9.96. The van der Waals surface area contributed by atoms with Gasteiger partial charge in [-0.1, -0.05) is 61.1 Å². The van der Waals surface area contributed by atoms with Crippen LogP contribution in [0.25, 0.3) is 0 Å². The summed E-state index contributed by atoms with van der Waals surface area (Å²) < 4.78 is 0. The van der Waals surface area contributed by atoms with Gasteiger partial charge in [-0.3, -0.25) is 4.79 Å². The van der Waals surface area contributed by atoms with Crippen LogP contribution in [0.5, 0.6) is 0 Å². The molecule has 0 saturated heterocycles. The van der Waals surface area contributed by atoms with Crippen LogP contribution in [-0.2, 0) is 4.79 Å². The molecule has 0 rings (SSSR count). The molecule has 0 aliphatic carbocycles. The van der Waals surface area contributed by atoms with Crippen LogP contribution in [0.4, 0.5) is 0 Å². The standard InChI is InChI=1S/C16H33NOS2/c1-5-6-7-8-10-15(2)16(18)11-9-13-19-20-14-12-17(3)4/h15H,5-14H2,1-4H3. The number of rotatable bonds is 14.